The van der Waals surface area contributed by atoms with E-state index in [1.165, 1.54) is 24.5 Å². The molecule has 8 heteroatoms. The Hall–Kier alpha value is -2.38. The van der Waals surface area contributed by atoms with Crippen molar-refractivity contribution in [1.29, 1.82) is 0 Å². The molecule has 0 amide bonds. The van der Waals surface area contributed by atoms with E-state index in [2.05, 4.69) is 17.0 Å². The van der Waals surface area contributed by atoms with E-state index in [-0.39, 0.29) is 17.3 Å². The van der Waals surface area contributed by atoms with Gasteiger partial charge in [0.25, 0.3) is 5.56 Å². The van der Waals surface area contributed by atoms with Crippen molar-refractivity contribution in [2.24, 2.45) is 19.2 Å². The van der Waals surface area contributed by atoms with Crippen LogP contribution in [0, 0.1) is 0 Å². The molecule has 1 aliphatic rings. The van der Waals surface area contributed by atoms with Crippen LogP contribution in [0.4, 0.5) is 5.95 Å². The largest absolute Gasteiger partial charge is 0.332 e. The van der Waals surface area contributed by atoms with E-state index in [9.17, 15) is 9.59 Å². The molecule has 3 heterocycles. The lowest BCUT2D eigenvalue weighted by Gasteiger charge is -2.29. The summed E-state index contributed by atoms with van der Waals surface area (Å²) in [4.78, 5) is 29.6. The molecule has 2 aromatic heterocycles. The van der Waals surface area contributed by atoms with Crippen LogP contribution in [-0.2, 0) is 14.1 Å². The molecule has 0 radical (unpaired) electrons. The van der Waals surface area contributed by atoms with E-state index in [0.717, 1.165) is 29.7 Å². The van der Waals surface area contributed by atoms with E-state index < -0.39 is 0 Å². The zero-order valence-electron chi connectivity index (χ0n) is 15.6. The molecule has 136 valence electrons. The predicted octanol–water partition coefficient (Wildman–Crippen LogP) is 1.77. The third-order valence-electron chi connectivity index (χ3n) is 5.00. The fourth-order valence-electron chi connectivity index (χ4n) is 3.30. The van der Waals surface area contributed by atoms with Crippen molar-refractivity contribution in [2.45, 2.75) is 52.5 Å². The summed E-state index contributed by atoms with van der Waals surface area (Å²) in [5, 5.41) is 6.54. The minimum Gasteiger partial charge on any atom is -0.294 e. The Morgan fingerprint density at radius 1 is 1.08 bits per heavy atom. The van der Waals surface area contributed by atoms with Gasteiger partial charge in [-0.1, -0.05) is 26.2 Å². The fourth-order valence-corrected chi connectivity index (χ4v) is 3.30. The van der Waals surface area contributed by atoms with Gasteiger partial charge in [0.05, 0.1) is 11.8 Å². The van der Waals surface area contributed by atoms with E-state index in [0.29, 0.717) is 17.1 Å². The van der Waals surface area contributed by atoms with Gasteiger partial charge in [0, 0.05) is 20.6 Å². The fraction of sp³-hybridized carbons (Fsp3) is 0.647. The Morgan fingerprint density at radius 2 is 1.80 bits per heavy atom. The molecular weight excluding hydrogens is 320 g/mol. The van der Waals surface area contributed by atoms with Gasteiger partial charge in [-0.15, -0.1) is 0 Å². The topological polar surface area (TPSA) is 77.4 Å². The molecule has 8 nitrogen and oxygen atoms in total. The Bertz CT molecular complexity index is 949. The first kappa shape index (κ1) is 17.4. The number of fused-ring (bicyclic) bond motifs is 3. The summed E-state index contributed by atoms with van der Waals surface area (Å²) in [6.07, 6.45) is 4.52. The maximum absolute atomic E-state index is 12.7. The summed E-state index contributed by atoms with van der Waals surface area (Å²) in [5.74, 6) is 0.642. The quantitative estimate of drug-likeness (QED) is 0.773. The van der Waals surface area contributed by atoms with Crippen molar-refractivity contribution in [3.8, 4) is 0 Å². The Kier molecular flexibility index (Phi) is 4.53. The number of hydrogen-bond donors (Lipinski definition) is 0. The Balaban J connectivity index is 2.16. The monoisotopic (exact) mass is 346 g/mol. The van der Waals surface area contributed by atoms with Crippen LogP contribution >= 0.6 is 0 Å². The van der Waals surface area contributed by atoms with E-state index in [1.807, 2.05) is 23.4 Å². The number of rotatable bonds is 5. The van der Waals surface area contributed by atoms with Crippen molar-refractivity contribution in [2.75, 3.05) is 11.6 Å². The first-order chi connectivity index (χ1) is 11.9. The van der Waals surface area contributed by atoms with Crippen LogP contribution in [-0.4, -0.2) is 30.9 Å². The molecule has 0 saturated heterocycles. The van der Waals surface area contributed by atoms with E-state index >= 15 is 0 Å². The molecule has 1 aliphatic heterocycles. The normalized spacial score (nSPS) is 17.1. The first-order valence-electron chi connectivity index (χ1n) is 8.89. The Morgan fingerprint density at radius 3 is 2.48 bits per heavy atom. The molecule has 0 bridgehead atoms. The SMILES string of the molecule is CCCCCCN1N=C(C)C(C)n2c1nc1c2c(=O)n(C)c(=O)n1C. The van der Waals surface area contributed by atoms with Crippen molar-refractivity contribution >= 4 is 22.8 Å². The number of nitrogens with zero attached hydrogens (tertiary/aromatic N) is 6. The molecular formula is C17H26N6O2. The summed E-state index contributed by atoms with van der Waals surface area (Å²) < 4.78 is 4.48. The van der Waals surface area contributed by atoms with E-state index in [4.69, 9.17) is 0 Å². The van der Waals surface area contributed by atoms with Gasteiger partial charge < -0.3 is 0 Å². The summed E-state index contributed by atoms with van der Waals surface area (Å²) in [6, 6.07) is -0.0721. The molecule has 3 rings (SSSR count). The van der Waals surface area contributed by atoms with Gasteiger partial charge in [-0.3, -0.25) is 18.5 Å². The number of aromatic nitrogens is 4. The van der Waals surface area contributed by atoms with Gasteiger partial charge in [-0.25, -0.2) is 9.80 Å². The third-order valence-corrected chi connectivity index (χ3v) is 5.00. The molecule has 0 fully saturated rings. The second-order valence-electron chi connectivity index (χ2n) is 6.76. The Labute approximate surface area is 146 Å². The molecule has 1 unspecified atom stereocenters. The summed E-state index contributed by atoms with van der Waals surface area (Å²) in [7, 11) is 3.15. The van der Waals surface area contributed by atoms with Crippen LogP contribution in [0.25, 0.3) is 11.2 Å². The average Bonchev–Trinajstić information content (AvgIpc) is 3.00. The van der Waals surface area contributed by atoms with Crippen molar-refractivity contribution in [3.05, 3.63) is 20.8 Å². The highest BCUT2D eigenvalue weighted by Crippen LogP contribution is 2.29. The number of imidazole rings is 1. The molecule has 0 aromatic carbocycles. The zero-order chi connectivity index (χ0) is 18.3. The van der Waals surface area contributed by atoms with Gasteiger partial charge in [-0.2, -0.15) is 10.1 Å². The lowest BCUT2D eigenvalue weighted by atomic mass is 10.2. The van der Waals surface area contributed by atoms with Crippen molar-refractivity contribution < 1.29 is 0 Å². The highest BCUT2D eigenvalue weighted by Gasteiger charge is 2.29. The van der Waals surface area contributed by atoms with Gasteiger partial charge in [0.1, 0.15) is 0 Å². The van der Waals surface area contributed by atoms with Crippen LogP contribution in [0.5, 0.6) is 0 Å². The highest BCUT2D eigenvalue weighted by atomic mass is 16.2. The molecule has 25 heavy (non-hydrogen) atoms. The minimum atomic E-state index is -0.368. The second kappa shape index (κ2) is 6.50. The average molecular weight is 346 g/mol. The maximum atomic E-state index is 12.7. The molecule has 0 saturated carbocycles. The van der Waals surface area contributed by atoms with Crippen LogP contribution in [0.15, 0.2) is 14.7 Å². The summed E-state index contributed by atoms with van der Waals surface area (Å²) in [5.41, 5.74) is 1.12. The number of anilines is 1. The molecule has 0 spiro atoms. The second-order valence-corrected chi connectivity index (χ2v) is 6.76. The van der Waals surface area contributed by atoms with Crippen LogP contribution < -0.4 is 16.3 Å². The lowest BCUT2D eigenvalue weighted by molar-refractivity contribution is 0.601. The van der Waals surface area contributed by atoms with Gasteiger partial charge in [-0.05, 0) is 20.3 Å². The molecule has 1 atom stereocenters. The number of aryl methyl sites for hydroxylation is 1. The summed E-state index contributed by atoms with van der Waals surface area (Å²) >= 11 is 0. The molecule has 2 aromatic rings. The smallest absolute Gasteiger partial charge is 0.294 e. The zero-order valence-corrected chi connectivity index (χ0v) is 15.6. The maximum Gasteiger partial charge on any atom is 0.332 e. The van der Waals surface area contributed by atoms with Crippen molar-refractivity contribution in [1.82, 2.24) is 18.7 Å². The van der Waals surface area contributed by atoms with Gasteiger partial charge in [0.2, 0.25) is 5.95 Å². The first-order valence-corrected chi connectivity index (χ1v) is 8.89. The number of hydrogen-bond acceptors (Lipinski definition) is 5. The van der Waals surface area contributed by atoms with Crippen molar-refractivity contribution in [3.63, 3.8) is 0 Å². The van der Waals surface area contributed by atoms with Crippen LogP contribution in [0.2, 0.25) is 0 Å². The van der Waals surface area contributed by atoms with Gasteiger partial charge >= 0.3 is 5.69 Å². The minimum absolute atomic E-state index is 0.0721. The van der Waals surface area contributed by atoms with Crippen LogP contribution in [0.3, 0.4) is 0 Å². The van der Waals surface area contributed by atoms with Crippen LogP contribution in [0.1, 0.15) is 52.5 Å². The van der Waals surface area contributed by atoms with E-state index in [1.54, 1.807) is 7.05 Å². The standard InChI is InChI=1S/C17H26N6O2/c1-6-7-8-9-10-22-16-18-14-13(23(16)12(3)11(2)19-22)15(24)21(5)17(25)20(14)4/h12H,6-10H2,1-5H3. The molecule has 0 aliphatic carbocycles. The molecule has 0 N–H and O–H groups in total. The highest BCUT2D eigenvalue weighted by molar-refractivity contribution is 5.90. The number of unbranched alkanes of at least 4 members (excludes halogenated alkanes) is 3. The van der Waals surface area contributed by atoms with Gasteiger partial charge in [0.15, 0.2) is 11.2 Å². The third kappa shape index (κ3) is 2.69. The number of hydrazone groups is 1. The lowest BCUT2D eigenvalue weighted by Crippen LogP contribution is -2.38. The summed E-state index contributed by atoms with van der Waals surface area (Å²) in [6.45, 7) is 6.90. The predicted molar refractivity (Wildman–Crippen MR) is 99.5 cm³/mol.